The summed E-state index contributed by atoms with van der Waals surface area (Å²) in [5, 5.41) is 2.54. The topological polar surface area (TPSA) is 0 Å². The molecule has 2 aromatic rings. The maximum atomic E-state index is 2.65. The first-order chi connectivity index (χ1) is 5.80. The Morgan fingerprint density at radius 1 is 1.08 bits per heavy atom. The molecule has 0 saturated heterocycles. The monoisotopic (exact) mass is 250 g/mol. The molecule has 0 aliphatic heterocycles. The van der Waals surface area contributed by atoms with Crippen molar-refractivity contribution >= 4 is 29.1 Å². The van der Waals surface area contributed by atoms with Crippen LogP contribution in [-0.4, -0.2) is 0 Å². The van der Waals surface area contributed by atoms with Crippen molar-refractivity contribution in [3.05, 3.63) is 48.5 Å². The number of hydrogen-bond donors (Lipinski definition) is 0. The van der Waals surface area contributed by atoms with E-state index in [1.54, 1.807) is 0 Å². The second kappa shape index (κ2) is 7.48. The van der Waals surface area contributed by atoms with Crippen LogP contribution in [0.1, 0.15) is 0 Å². The van der Waals surface area contributed by atoms with E-state index in [0.29, 0.717) is 0 Å². The van der Waals surface area contributed by atoms with Crippen molar-refractivity contribution in [1.29, 1.82) is 0 Å². The molecule has 0 spiro atoms. The zero-order valence-electron chi connectivity index (χ0n) is 7.13. The second-order valence-electron chi connectivity index (χ2n) is 2.40. The largest absolute Gasteiger partial charge is 0.748 e. The van der Waals surface area contributed by atoms with Gasteiger partial charge < -0.3 is 30.3 Å². The molecule has 3 heteroatoms. The van der Waals surface area contributed by atoms with E-state index >= 15 is 0 Å². The Bertz CT molecular complexity index is 265. The molecule has 2 rings (SSSR count). The summed E-state index contributed by atoms with van der Waals surface area (Å²) in [5.41, 5.74) is 0. The fourth-order valence-corrected chi connectivity index (χ4v) is 1.18. The summed E-state index contributed by atoms with van der Waals surface area (Å²) < 4.78 is 0. The van der Waals surface area contributed by atoms with E-state index in [4.69, 9.17) is 0 Å². The van der Waals surface area contributed by atoms with Crippen molar-refractivity contribution in [2.45, 2.75) is 0 Å². The minimum Gasteiger partial charge on any atom is -0.748 e. The molecule has 0 heterocycles. The Kier molecular flexibility index (Phi) is 7.53. The van der Waals surface area contributed by atoms with Crippen molar-refractivity contribution in [1.82, 2.24) is 0 Å². The average Bonchev–Trinajstić information content (AvgIpc) is 2.67. The smallest absolute Gasteiger partial charge is 0 e. The van der Waals surface area contributed by atoms with Gasteiger partial charge in [0, 0.05) is 17.1 Å². The van der Waals surface area contributed by atoms with Crippen molar-refractivity contribution in [2.24, 2.45) is 0 Å². The minimum atomic E-state index is 0. The molecule has 0 aliphatic carbocycles. The van der Waals surface area contributed by atoms with Gasteiger partial charge in [-0.1, -0.05) is 0 Å². The molecule has 0 amide bonds. The molecule has 0 aliphatic rings. The van der Waals surface area contributed by atoms with Gasteiger partial charge in [0.05, 0.1) is 0 Å². The predicted octanol–water partition coefficient (Wildman–Crippen LogP) is 1.81. The van der Waals surface area contributed by atoms with E-state index < -0.39 is 0 Å². The molecular weight excluding hydrogens is 238 g/mol. The maximum Gasteiger partial charge on any atom is 0 e. The third kappa shape index (κ3) is 5.40. The molecule has 0 bridgehead atoms. The van der Waals surface area contributed by atoms with E-state index in [1.165, 1.54) is 10.6 Å². The summed E-state index contributed by atoms with van der Waals surface area (Å²) in [6.45, 7) is 0. The van der Waals surface area contributed by atoms with Crippen LogP contribution in [0.15, 0.2) is 48.5 Å². The third-order valence-corrected chi connectivity index (χ3v) is 2.83. The normalized spacial score (nSPS) is 8.15. The molecule has 2 aromatic carbocycles. The van der Waals surface area contributed by atoms with E-state index in [2.05, 4.69) is 30.6 Å². The van der Waals surface area contributed by atoms with E-state index in [-0.39, 0.29) is 17.1 Å². The summed E-state index contributed by atoms with van der Waals surface area (Å²) in [6.07, 6.45) is 0. The van der Waals surface area contributed by atoms with Crippen molar-refractivity contribution in [2.75, 3.05) is 0 Å². The van der Waals surface area contributed by atoms with Gasteiger partial charge in [-0.2, -0.15) is 15.3 Å². The predicted molar refractivity (Wildman–Crippen MR) is 62.8 cm³/mol. The first-order valence-electron chi connectivity index (χ1n) is 3.74. The fraction of sp³-hybridized carbons (Fsp3) is 0. The van der Waals surface area contributed by atoms with Gasteiger partial charge in [-0.05, 0) is 0 Å². The first kappa shape index (κ1) is 13.1. The van der Waals surface area contributed by atoms with Crippen LogP contribution in [0.2, 0.25) is 0 Å². The molecule has 2 atom stereocenters. The van der Waals surface area contributed by atoms with Gasteiger partial charge in [-0.25, -0.2) is 12.1 Å². The van der Waals surface area contributed by atoms with Gasteiger partial charge in [-0.15, -0.1) is 19.8 Å². The van der Waals surface area contributed by atoms with Crippen molar-refractivity contribution in [3.8, 4) is 0 Å². The van der Waals surface area contributed by atoms with Crippen molar-refractivity contribution < 1.29 is 17.1 Å². The fourth-order valence-electron chi connectivity index (χ4n) is 0.769. The van der Waals surface area contributed by atoms with Crippen LogP contribution in [0.4, 0.5) is 0 Å². The van der Waals surface area contributed by atoms with Gasteiger partial charge in [0.1, 0.15) is 0 Å². The standard InChI is InChI=1S/C5H7P2.C5H5.Fe/c6-4-2-1-3-5(4)7;1-2-4-5-3-1;/h1-3H,6-7H2;1-5H;/q-1;-5;. The molecular formula is C10H12FeP2-6. The molecule has 0 aromatic heterocycles. The summed E-state index contributed by atoms with van der Waals surface area (Å²) in [7, 11) is 5.31. The third-order valence-electron chi connectivity index (χ3n) is 1.44. The van der Waals surface area contributed by atoms with Crippen molar-refractivity contribution in [3.63, 3.8) is 0 Å². The minimum absolute atomic E-state index is 0. The quantitative estimate of drug-likeness (QED) is 0.380. The van der Waals surface area contributed by atoms with Gasteiger partial charge >= 0.3 is 0 Å². The molecule has 13 heavy (non-hydrogen) atoms. The Labute approximate surface area is 94.7 Å². The molecule has 0 N–H and O–H groups in total. The average molecular weight is 250 g/mol. The molecule has 0 fully saturated rings. The molecule has 76 valence electrons. The van der Waals surface area contributed by atoms with Crippen LogP contribution in [0.3, 0.4) is 0 Å². The SMILES string of the molecule is Pc1ccc[c-]1P.[Fe].[cH-]1[cH-][cH-][cH-][cH-]1. The summed E-state index contributed by atoms with van der Waals surface area (Å²) in [5.74, 6) is 0. The Hall–Kier alpha value is 0.0795. The van der Waals surface area contributed by atoms with E-state index in [1.807, 2.05) is 36.4 Å². The molecule has 0 nitrogen and oxygen atoms in total. The number of hydrogen-bond acceptors (Lipinski definition) is 0. The van der Waals surface area contributed by atoms with Gasteiger partial charge in [0.25, 0.3) is 0 Å². The Morgan fingerprint density at radius 2 is 1.54 bits per heavy atom. The second-order valence-corrected chi connectivity index (χ2v) is 3.64. The summed E-state index contributed by atoms with van der Waals surface area (Å²) >= 11 is 0. The molecule has 0 saturated carbocycles. The van der Waals surface area contributed by atoms with Crippen LogP contribution in [0.25, 0.3) is 0 Å². The van der Waals surface area contributed by atoms with Crippen LogP contribution < -0.4 is 10.6 Å². The zero-order chi connectivity index (χ0) is 8.81. The van der Waals surface area contributed by atoms with Gasteiger partial charge in [0.2, 0.25) is 0 Å². The van der Waals surface area contributed by atoms with E-state index in [0.717, 1.165) is 0 Å². The Morgan fingerprint density at radius 3 is 1.69 bits per heavy atom. The number of rotatable bonds is 0. The maximum absolute atomic E-state index is 2.65. The zero-order valence-corrected chi connectivity index (χ0v) is 10.5. The van der Waals surface area contributed by atoms with Gasteiger partial charge in [0.15, 0.2) is 0 Å². The molecule has 2 unspecified atom stereocenters. The Balaban J connectivity index is 0.000000215. The van der Waals surface area contributed by atoms with E-state index in [9.17, 15) is 0 Å². The van der Waals surface area contributed by atoms with Crippen LogP contribution in [0.5, 0.6) is 0 Å². The van der Waals surface area contributed by atoms with Gasteiger partial charge in [-0.3, -0.25) is 0 Å². The van der Waals surface area contributed by atoms with Crippen LogP contribution in [0, 0.1) is 0 Å². The summed E-state index contributed by atoms with van der Waals surface area (Å²) in [6, 6.07) is 16.2. The first-order valence-corrected chi connectivity index (χ1v) is 4.89. The van der Waals surface area contributed by atoms with Crippen LogP contribution in [-0.2, 0) is 17.1 Å². The molecule has 0 radical (unpaired) electrons. The van der Waals surface area contributed by atoms with Crippen LogP contribution >= 0.6 is 18.5 Å². The summed E-state index contributed by atoms with van der Waals surface area (Å²) in [4.78, 5) is 0.